The van der Waals surface area contributed by atoms with Crippen LogP contribution in [0.4, 0.5) is 0 Å². The zero-order valence-corrected chi connectivity index (χ0v) is 11.7. The van der Waals surface area contributed by atoms with E-state index in [2.05, 4.69) is 24.3 Å². The van der Waals surface area contributed by atoms with Gasteiger partial charge in [0, 0.05) is 0 Å². The van der Waals surface area contributed by atoms with Crippen LogP contribution in [-0.2, 0) is 48.3 Å². The first kappa shape index (κ1) is 18.1. The number of rotatable bonds is 2. The Morgan fingerprint density at radius 1 is 1.22 bits per heavy atom. The molecule has 0 aliphatic carbocycles. The van der Waals surface area contributed by atoms with E-state index in [1.54, 1.807) is 0 Å². The number of carbonyl (C=O) groups excluding carboxylic acids is 5. The van der Waals surface area contributed by atoms with Gasteiger partial charge >= 0.3 is 29.8 Å². The van der Waals surface area contributed by atoms with Crippen LogP contribution in [0, 0.1) is 0 Å². The normalized spacial score (nSPS) is 23.6. The van der Waals surface area contributed by atoms with Gasteiger partial charge in [0.25, 0.3) is 0 Å². The Hall–Kier alpha value is -2.99. The van der Waals surface area contributed by atoms with Crippen molar-refractivity contribution in [1.29, 1.82) is 0 Å². The molecule has 4 N–H and O–H groups in total. The van der Waals surface area contributed by atoms with Crippen molar-refractivity contribution in [3.63, 3.8) is 0 Å². The predicted octanol–water partition coefficient (Wildman–Crippen LogP) is -2.51. The summed E-state index contributed by atoms with van der Waals surface area (Å²) in [5.74, 6) is -7.49. The Bertz CT molecular complexity index is 567. The maximum absolute atomic E-state index is 11.6. The fraction of sp³-hybridized carbons (Fsp3) is 0.364. The van der Waals surface area contributed by atoms with Gasteiger partial charge in [0.1, 0.15) is 12.1 Å². The summed E-state index contributed by atoms with van der Waals surface area (Å²) in [4.78, 5) is 73.0. The molecular formula is C11H12N2O10. The van der Waals surface area contributed by atoms with Gasteiger partial charge in [-0.2, -0.15) is 0 Å². The molecule has 0 bridgehead atoms. The molecule has 0 amide bonds. The van der Waals surface area contributed by atoms with Crippen molar-refractivity contribution >= 4 is 29.8 Å². The van der Waals surface area contributed by atoms with E-state index < -0.39 is 54.1 Å². The molecular weight excluding hydrogens is 320 g/mol. The van der Waals surface area contributed by atoms with E-state index >= 15 is 0 Å². The lowest BCUT2D eigenvalue weighted by molar-refractivity contribution is -0.263. The molecule has 0 aromatic rings. The average molecular weight is 332 g/mol. The van der Waals surface area contributed by atoms with Gasteiger partial charge in [-0.05, 0) is 6.92 Å². The Labute approximate surface area is 128 Å². The van der Waals surface area contributed by atoms with Crippen LogP contribution < -0.4 is 11.5 Å². The molecule has 126 valence electrons. The molecule has 0 spiro atoms. The number of ether oxygens (including phenoxy) is 1. The summed E-state index contributed by atoms with van der Waals surface area (Å²) >= 11 is 0. The van der Waals surface area contributed by atoms with Gasteiger partial charge in [0.15, 0.2) is 0 Å². The Morgan fingerprint density at radius 3 is 2.48 bits per heavy atom. The van der Waals surface area contributed by atoms with Crippen LogP contribution in [0.2, 0.25) is 0 Å². The Morgan fingerprint density at radius 2 is 1.87 bits per heavy atom. The lowest BCUT2D eigenvalue weighted by Crippen LogP contribution is -2.36. The van der Waals surface area contributed by atoms with E-state index in [1.165, 1.54) is 6.92 Å². The largest absolute Gasteiger partial charge is 0.421 e. The predicted molar refractivity (Wildman–Crippen MR) is 64.8 cm³/mol. The standard InChI is InChI=1S/C11H12N2O10/c1-4(12)9(16)19-6-3-8(15)21-20-7(14)2-5(13)10(17)22-23-11(6)18/h3-5H,2,12-13H2,1H3/b6-3-. The second-order valence-corrected chi connectivity index (χ2v) is 4.16. The van der Waals surface area contributed by atoms with Gasteiger partial charge in [-0.15, -0.1) is 0 Å². The fourth-order valence-electron chi connectivity index (χ4n) is 1.03. The van der Waals surface area contributed by atoms with Crippen LogP contribution in [0.3, 0.4) is 0 Å². The van der Waals surface area contributed by atoms with Gasteiger partial charge in [-0.1, -0.05) is 0 Å². The van der Waals surface area contributed by atoms with Crippen molar-refractivity contribution in [2.45, 2.75) is 25.4 Å². The summed E-state index contributed by atoms with van der Waals surface area (Å²) in [6.45, 7) is 1.24. The molecule has 12 nitrogen and oxygen atoms in total. The number of nitrogens with two attached hydrogens (primary N) is 2. The lowest BCUT2D eigenvalue weighted by atomic mass is 10.2. The maximum atomic E-state index is 11.6. The molecule has 1 heterocycles. The van der Waals surface area contributed by atoms with Crippen LogP contribution in [0.1, 0.15) is 13.3 Å². The molecule has 1 aliphatic heterocycles. The van der Waals surface area contributed by atoms with E-state index in [0.717, 1.165) is 0 Å². The topological polar surface area (TPSA) is 184 Å². The molecule has 2 unspecified atom stereocenters. The summed E-state index contributed by atoms with van der Waals surface area (Å²) < 4.78 is 4.49. The molecule has 0 saturated heterocycles. The third-order valence-corrected chi connectivity index (χ3v) is 2.14. The Kier molecular flexibility index (Phi) is 6.17. The third-order valence-electron chi connectivity index (χ3n) is 2.14. The summed E-state index contributed by atoms with van der Waals surface area (Å²) in [6, 6.07) is -2.69. The molecule has 1 rings (SSSR count). The molecule has 1 aliphatic rings. The first-order chi connectivity index (χ1) is 10.7. The van der Waals surface area contributed by atoms with Gasteiger partial charge in [0.2, 0.25) is 5.76 Å². The highest BCUT2D eigenvalue weighted by atomic mass is 17.2. The van der Waals surface area contributed by atoms with Crippen LogP contribution in [0.5, 0.6) is 0 Å². The van der Waals surface area contributed by atoms with E-state index in [0.29, 0.717) is 6.08 Å². The molecule has 0 saturated carbocycles. The second-order valence-electron chi connectivity index (χ2n) is 4.16. The van der Waals surface area contributed by atoms with Crippen molar-refractivity contribution in [2.24, 2.45) is 11.5 Å². The van der Waals surface area contributed by atoms with Crippen LogP contribution in [0.15, 0.2) is 11.8 Å². The summed E-state index contributed by atoms with van der Waals surface area (Å²) in [5.41, 5.74) is 10.5. The molecule has 0 aromatic heterocycles. The van der Waals surface area contributed by atoms with Gasteiger partial charge in [-0.3, -0.25) is 0 Å². The van der Waals surface area contributed by atoms with Crippen LogP contribution in [-0.4, -0.2) is 41.9 Å². The van der Waals surface area contributed by atoms with Crippen LogP contribution >= 0.6 is 0 Å². The number of carbonyl (C=O) groups is 5. The second kappa shape index (κ2) is 7.86. The van der Waals surface area contributed by atoms with Gasteiger partial charge < -0.3 is 16.2 Å². The summed E-state index contributed by atoms with van der Waals surface area (Å²) in [6.07, 6.45) is -0.384. The lowest BCUT2D eigenvalue weighted by Gasteiger charge is -2.12. The first-order valence-corrected chi connectivity index (χ1v) is 5.99. The molecule has 2 atom stereocenters. The SMILES string of the molecule is CC(N)C(=O)O/C1=C\C(=O)OOC(=O)CC(N)C(=O)OOC1=O. The number of esters is 1. The van der Waals surface area contributed by atoms with Crippen molar-refractivity contribution in [3.05, 3.63) is 11.8 Å². The van der Waals surface area contributed by atoms with Crippen LogP contribution in [0.25, 0.3) is 0 Å². The smallest absolute Gasteiger partial charge is 0.417 e. The van der Waals surface area contributed by atoms with Crippen molar-refractivity contribution < 1.29 is 48.3 Å². The molecule has 0 radical (unpaired) electrons. The zero-order chi connectivity index (χ0) is 17.6. The molecule has 0 fully saturated rings. The van der Waals surface area contributed by atoms with E-state index in [1.807, 2.05) is 0 Å². The third kappa shape index (κ3) is 5.72. The van der Waals surface area contributed by atoms with Gasteiger partial charge in [-0.25, -0.2) is 43.5 Å². The van der Waals surface area contributed by atoms with E-state index in [9.17, 15) is 24.0 Å². The van der Waals surface area contributed by atoms with E-state index in [-0.39, 0.29) is 0 Å². The fourth-order valence-corrected chi connectivity index (χ4v) is 1.03. The average Bonchev–Trinajstić information content (AvgIpc) is 2.48. The Balaban J connectivity index is 2.99. The number of hydrogen-bond acceptors (Lipinski definition) is 12. The summed E-state index contributed by atoms with van der Waals surface area (Å²) in [7, 11) is 0. The molecule has 12 heteroatoms. The van der Waals surface area contributed by atoms with Crippen molar-refractivity contribution in [1.82, 2.24) is 0 Å². The minimum absolute atomic E-state index is 0.325. The quantitative estimate of drug-likeness (QED) is 0.400. The zero-order valence-electron chi connectivity index (χ0n) is 11.7. The van der Waals surface area contributed by atoms with Gasteiger partial charge in [0.05, 0.1) is 12.5 Å². The van der Waals surface area contributed by atoms with E-state index in [4.69, 9.17) is 11.5 Å². The summed E-state index contributed by atoms with van der Waals surface area (Å²) in [5, 5.41) is 0. The highest BCUT2D eigenvalue weighted by molar-refractivity contribution is 5.97. The molecule has 0 aromatic carbocycles. The highest BCUT2D eigenvalue weighted by Crippen LogP contribution is 2.07. The number of hydrogen-bond donors (Lipinski definition) is 2. The maximum Gasteiger partial charge on any atom is 0.421 e. The minimum atomic E-state index is -1.55. The van der Waals surface area contributed by atoms with Crippen molar-refractivity contribution in [3.8, 4) is 0 Å². The highest BCUT2D eigenvalue weighted by Gasteiger charge is 2.28. The first-order valence-electron chi connectivity index (χ1n) is 5.99. The minimum Gasteiger partial charge on any atom is -0.417 e. The molecule has 23 heavy (non-hydrogen) atoms. The monoisotopic (exact) mass is 332 g/mol. The van der Waals surface area contributed by atoms with Crippen molar-refractivity contribution in [2.75, 3.05) is 0 Å².